The van der Waals surface area contributed by atoms with Crippen molar-refractivity contribution in [3.8, 4) is 0 Å². The van der Waals surface area contributed by atoms with Gasteiger partial charge < -0.3 is 10.2 Å². The van der Waals surface area contributed by atoms with Gasteiger partial charge in [0.15, 0.2) is 0 Å². The van der Waals surface area contributed by atoms with Crippen LogP contribution in [-0.2, 0) is 11.3 Å². The molecular weight excluding hydrogens is 386 g/mol. The first kappa shape index (κ1) is 21.1. The second-order valence-corrected chi connectivity index (χ2v) is 8.06. The summed E-state index contributed by atoms with van der Waals surface area (Å²) in [5.74, 6) is -0.0242. The maximum atomic E-state index is 12.7. The standard InChI is InChI=1S/C26H29N3O2/c30-25(29-16-6-15-28(17-18-29)20-21-7-2-1-3-8-21)13-14-27-26(31)24-12-11-22-9-4-5-10-23(22)19-24/h1-5,7-12,19H,6,13-18,20H2,(H,27,31). The van der Waals surface area contributed by atoms with Gasteiger partial charge in [0.05, 0.1) is 0 Å². The molecule has 3 aromatic carbocycles. The minimum Gasteiger partial charge on any atom is -0.352 e. The number of benzene rings is 3. The lowest BCUT2D eigenvalue weighted by atomic mass is 10.1. The summed E-state index contributed by atoms with van der Waals surface area (Å²) < 4.78 is 0. The van der Waals surface area contributed by atoms with Crippen molar-refractivity contribution in [3.63, 3.8) is 0 Å². The van der Waals surface area contributed by atoms with Crippen LogP contribution < -0.4 is 5.32 Å². The van der Waals surface area contributed by atoms with Crippen molar-refractivity contribution >= 4 is 22.6 Å². The van der Waals surface area contributed by atoms with Gasteiger partial charge in [-0.1, -0.05) is 60.7 Å². The highest BCUT2D eigenvalue weighted by molar-refractivity contribution is 5.98. The lowest BCUT2D eigenvalue weighted by molar-refractivity contribution is -0.130. The molecule has 1 aliphatic rings. The zero-order valence-electron chi connectivity index (χ0n) is 17.8. The molecular formula is C26H29N3O2. The second-order valence-electron chi connectivity index (χ2n) is 8.06. The Bertz CT molecular complexity index is 1040. The molecule has 0 spiro atoms. The predicted octanol–water partition coefficient (Wildman–Crippen LogP) is 3.69. The number of fused-ring (bicyclic) bond motifs is 1. The SMILES string of the molecule is O=C(NCCC(=O)N1CCCN(Cc2ccccc2)CC1)c1ccc2ccccc2c1. The van der Waals surface area contributed by atoms with Gasteiger partial charge in [0, 0.05) is 51.3 Å². The van der Waals surface area contributed by atoms with Gasteiger partial charge in [-0.15, -0.1) is 0 Å². The van der Waals surface area contributed by atoms with Crippen LogP contribution in [0.25, 0.3) is 10.8 Å². The Morgan fingerprint density at radius 2 is 1.58 bits per heavy atom. The maximum Gasteiger partial charge on any atom is 0.251 e. The van der Waals surface area contributed by atoms with Gasteiger partial charge in [0.25, 0.3) is 5.91 Å². The molecule has 0 bridgehead atoms. The van der Waals surface area contributed by atoms with E-state index in [2.05, 4.69) is 34.5 Å². The van der Waals surface area contributed by atoms with Crippen molar-refractivity contribution in [1.82, 2.24) is 15.1 Å². The Morgan fingerprint density at radius 1 is 0.806 bits per heavy atom. The van der Waals surface area contributed by atoms with E-state index >= 15 is 0 Å². The quantitative estimate of drug-likeness (QED) is 0.668. The van der Waals surface area contributed by atoms with Crippen LogP contribution in [0.2, 0.25) is 0 Å². The van der Waals surface area contributed by atoms with Crippen molar-refractivity contribution in [2.24, 2.45) is 0 Å². The van der Waals surface area contributed by atoms with Crippen molar-refractivity contribution in [2.45, 2.75) is 19.4 Å². The Hall–Kier alpha value is -3.18. The van der Waals surface area contributed by atoms with Gasteiger partial charge in [-0.2, -0.15) is 0 Å². The first-order chi connectivity index (χ1) is 15.2. The molecule has 160 valence electrons. The summed E-state index contributed by atoms with van der Waals surface area (Å²) in [7, 11) is 0. The first-order valence-corrected chi connectivity index (χ1v) is 11.0. The maximum absolute atomic E-state index is 12.7. The first-order valence-electron chi connectivity index (χ1n) is 11.0. The number of amides is 2. The summed E-state index contributed by atoms with van der Waals surface area (Å²) in [4.78, 5) is 29.5. The smallest absolute Gasteiger partial charge is 0.251 e. The van der Waals surface area contributed by atoms with Crippen molar-refractivity contribution < 1.29 is 9.59 Å². The van der Waals surface area contributed by atoms with E-state index < -0.39 is 0 Å². The lowest BCUT2D eigenvalue weighted by Gasteiger charge is -2.22. The van der Waals surface area contributed by atoms with E-state index in [0.29, 0.717) is 18.5 Å². The van der Waals surface area contributed by atoms with E-state index in [-0.39, 0.29) is 11.8 Å². The summed E-state index contributed by atoms with van der Waals surface area (Å²) in [6.07, 6.45) is 1.31. The molecule has 1 fully saturated rings. The molecule has 2 amide bonds. The van der Waals surface area contributed by atoms with Crippen LogP contribution in [0.15, 0.2) is 72.8 Å². The third-order valence-corrected chi connectivity index (χ3v) is 5.83. The van der Waals surface area contributed by atoms with Crippen LogP contribution in [0.4, 0.5) is 0 Å². The summed E-state index contributed by atoms with van der Waals surface area (Å²) >= 11 is 0. The Morgan fingerprint density at radius 3 is 2.42 bits per heavy atom. The average molecular weight is 416 g/mol. The number of carbonyl (C=O) groups is 2. The Kier molecular flexibility index (Phi) is 6.95. The average Bonchev–Trinajstić information content (AvgIpc) is 3.05. The molecule has 3 aromatic rings. The minimum absolute atomic E-state index is 0.111. The number of nitrogens with zero attached hydrogens (tertiary/aromatic N) is 2. The lowest BCUT2D eigenvalue weighted by Crippen LogP contribution is -2.37. The highest BCUT2D eigenvalue weighted by Gasteiger charge is 2.19. The van der Waals surface area contributed by atoms with E-state index in [9.17, 15) is 9.59 Å². The molecule has 0 saturated carbocycles. The molecule has 5 heteroatoms. The van der Waals surface area contributed by atoms with Crippen molar-refractivity contribution in [1.29, 1.82) is 0 Å². The van der Waals surface area contributed by atoms with Crippen LogP contribution in [0, 0.1) is 0 Å². The highest BCUT2D eigenvalue weighted by atomic mass is 16.2. The molecule has 0 aromatic heterocycles. The molecule has 5 nitrogen and oxygen atoms in total. The van der Waals surface area contributed by atoms with Gasteiger partial charge >= 0.3 is 0 Å². The van der Waals surface area contributed by atoms with Crippen LogP contribution in [-0.4, -0.2) is 54.3 Å². The van der Waals surface area contributed by atoms with Crippen molar-refractivity contribution in [3.05, 3.63) is 83.9 Å². The van der Waals surface area contributed by atoms with Gasteiger partial charge in [0.1, 0.15) is 0 Å². The predicted molar refractivity (Wildman–Crippen MR) is 124 cm³/mol. The normalized spacial score (nSPS) is 14.9. The fourth-order valence-electron chi connectivity index (χ4n) is 4.09. The summed E-state index contributed by atoms with van der Waals surface area (Å²) in [6, 6.07) is 24.1. The largest absolute Gasteiger partial charge is 0.352 e. The van der Waals surface area contributed by atoms with Crippen molar-refractivity contribution in [2.75, 3.05) is 32.7 Å². The minimum atomic E-state index is -0.136. The summed E-state index contributed by atoms with van der Waals surface area (Å²) in [6.45, 7) is 4.67. The van der Waals surface area contributed by atoms with E-state index in [1.807, 2.05) is 53.4 Å². The van der Waals surface area contributed by atoms with Crippen LogP contribution in [0.5, 0.6) is 0 Å². The second kappa shape index (κ2) is 10.2. The molecule has 0 aliphatic carbocycles. The summed E-state index contributed by atoms with van der Waals surface area (Å²) in [5, 5.41) is 5.04. The molecule has 0 unspecified atom stereocenters. The number of rotatable bonds is 6. The van der Waals surface area contributed by atoms with E-state index in [0.717, 1.165) is 49.9 Å². The fourth-order valence-corrected chi connectivity index (χ4v) is 4.09. The summed E-state index contributed by atoms with van der Waals surface area (Å²) in [5.41, 5.74) is 1.93. The zero-order valence-corrected chi connectivity index (χ0v) is 17.8. The van der Waals surface area contributed by atoms with Crippen LogP contribution >= 0.6 is 0 Å². The molecule has 31 heavy (non-hydrogen) atoms. The Labute approximate surface area is 183 Å². The number of carbonyl (C=O) groups excluding carboxylic acids is 2. The third kappa shape index (κ3) is 5.70. The number of hydrogen-bond acceptors (Lipinski definition) is 3. The molecule has 0 atom stereocenters. The topological polar surface area (TPSA) is 52.7 Å². The molecule has 1 saturated heterocycles. The molecule has 1 aliphatic heterocycles. The van der Waals surface area contributed by atoms with Gasteiger partial charge in [-0.25, -0.2) is 0 Å². The monoisotopic (exact) mass is 415 g/mol. The molecule has 4 rings (SSSR count). The third-order valence-electron chi connectivity index (χ3n) is 5.83. The Balaban J connectivity index is 1.23. The van der Waals surface area contributed by atoms with Crippen LogP contribution in [0.1, 0.15) is 28.8 Å². The van der Waals surface area contributed by atoms with Crippen LogP contribution in [0.3, 0.4) is 0 Å². The fraction of sp³-hybridized carbons (Fsp3) is 0.308. The molecule has 0 radical (unpaired) electrons. The van der Waals surface area contributed by atoms with Gasteiger partial charge in [0.2, 0.25) is 5.91 Å². The molecule has 1 N–H and O–H groups in total. The van der Waals surface area contributed by atoms with E-state index in [4.69, 9.17) is 0 Å². The number of nitrogens with one attached hydrogen (secondary N) is 1. The van der Waals surface area contributed by atoms with E-state index in [1.165, 1.54) is 5.56 Å². The number of hydrogen-bond donors (Lipinski definition) is 1. The molecule has 1 heterocycles. The van der Waals surface area contributed by atoms with Gasteiger partial charge in [-0.05, 0) is 34.9 Å². The van der Waals surface area contributed by atoms with Gasteiger partial charge in [-0.3, -0.25) is 14.5 Å². The van der Waals surface area contributed by atoms with E-state index in [1.54, 1.807) is 0 Å². The highest BCUT2D eigenvalue weighted by Crippen LogP contribution is 2.15. The zero-order chi connectivity index (χ0) is 21.5.